The van der Waals surface area contributed by atoms with Crippen LogP contribution in [0.3, 0.4) is 0 Å². The number of rotatable bonds is 7. The summed E-state index contributed by atoms with van der Waals surface area (Å²) in [6.45, 7) is 7.92. The molecule has 0 saturated carbocycles. The fourth-order valence-corrected chi connectivity index (χ4v) is 1.85. The van der Waals surface area contributed by atoms with Gasteiger partial charge in [0, 0.05) is 17.3 Å². The molecule has 0 aromatic heterocycles. The van der Waals surface area contributed by atoms with Crippen LogP contribution in [0.4, 0.5) is 0 Å². The van der Waals surface area contributed by atoms with Crippen LogP contribution in [0.1, 0.15) is 32.8 Å². The van der Waals surface area contributed by atoms with Crippen LogP contribution in [0, 0.1) is 0 Å². The first-order valence-electron chi connectivity index (χ1n) is 6.36. The summed E-state index contributed by atoms with van der Waals surface area (Å²) in [5.74, 6) is 0. The molecule has 0 aliphatic rings. The van der Waals surface area contributed by atoms with E-state index in [9.17, 15) is 0 Å². The highest BCUT2D eigenvalue weighted by Crippen LogP contribution is 2.19. The van der Waals surface area contributed by atoms with Crippen molar-refractivity contribution in [1.82, 2.24) is 5.32 Å². The highest BCUT2D eigenvalue weighted by Gasteiger charge is 2.16. The van der Waals surface area contributed by atoms with E-state index in [2.05, 4.69) is 62.7 Å². The topological polar surface area (TPSA) is 12.0 Å². The van der Waals surface area contributed by atoms with Gasteiger partial charge in [-0.3, -0.25) is 0 Å². The number of nitrogens with one attached hydrogen (secondary N) is 1. The highest BCUT2D eigenvalue weighted by atomic mass is 32.2. The fraction of sp³-hybridized carbons (Fsp3) is 0.600. The zero-order chi connectivity index (χ0) is 12.7. The van der Waals surface area contributed by atoms with Gasteiger partial charge in [-0.15, -0.1) is 0 Å². The predicted octanol–water partition coefficient (Wildman–Crippen LogP) is 3.74. The van der Waals surface area contributed by atoms with Gasteiger partial charge in [-0.05, 0) is 45.4 Å². The molecule has 0 aliphatic heterocycles. The number of thioether (sulfide) groups is 1. The van der Waals surface area contributed by atoms with Crippen molar-refractivity contribution in [1.29, 1.82) is 0 Å². The average molecular weight is 251 g/mol. The standard InChI is InChI=1S/C15H25NS/c1-13(16-12-15(2,3)17-4)10-11-14-8-6-5-7-9-14/h5-9,13,16H,10-12H2,1-4H3. The number of benzene rings is 1. The summed E-state index contributed by atoms with van der Waals surface area (Å²) >= 11 is 1.92. The summed E-state index contributed by atoms with van der Waals surface area (Å²) in [7, 11) is 0. The first-order chi connectivity index (χ1) is 8.03. The zero-order valence-corrected chi connectivity index (χ0v) is 12.3. The van der Waals surface area contributed by atoms with Crippen molar-refractivity contribution < 1.29 is 0 Å². The summed E-state index contributed by atoms with van der Waals surface area (Å²) in [5, 5.41) is 3.62. The molecule has 0 amide bonds. The smallest absolute Gasteiger partial charge is 0.0225 e. The number of aryl methyl sites for hydroxylation is 1. The maximum atomic E-state index is 3.62. The molecule has 0 saturated heterocycles. The van der Waals surface area contributed by atoms with Gasteiger partial charge in [0.1, 0.15) is 0 Å². The van der Waals surface area contributed by atoms with E-state index in [-0.39, 0.29) is 0 Å². The molecule has 0 aliphatic carbocycles. The third-order valence-electron chi connectivity index (χ3n) is 3.14. The lowest BCUT2D eigenvalue weighted by molar-refractivity contribution is 0.483. The molecule has 1 nitrogen and oxygen atoms in total. The molecule has 17 heavy (non-hydrogen) atoms. The Kier molecular flexibility index (Phi) is 6.07. The first-order valence-corrected chi connectivity index (χ1v) is 7.58. The molecule has 0 spiro atoms. The van der Waals surface area contributed by atoms with Crippen LogP contribution in [-0.4, -0.2) is 23.6 Å². The molecule has 1 rings (SSSR count). The second kappa shape index (κ2) is 7.07. The van der Waals surface area contributed by atoms with Crippen LogP contribution in [0.15, 0.2) is 30.3 Å². The lowest BCUT2D eigenvalue weighted by Gasteiger charge is -2.25. The minimum atomic E-state index is 0.334. The van der Waals surface area contributed by atoms with Crippen molar-refractivity contribution in [3.8, 4) is 0 Å². The van der Waals surface area contributed by atoms with Crippen molar-refractivity contribution in [2.75, 3.05) is 12.8 Å². The summed E-state index contributed by atoms with van der Waals surface area (Å²) in [6.07, 6.45) is 4.54. The Morgan fingerprint density at radius 1 is 1.24 bits per heavy atom. The Morgan fingerprint density at radius 2 is 1.88 bits per heavy atom. The van der Waals surface area contributed by atoms with Crippen molar-refractivity contribution in [3.05, 3.63) is 35.9 Å². The largest absolute Gasteiger partial charge is 0.313 e. The summed E-state index contributed by atoms with van der Waals surface area (Å²) < 4.78 is 0.334. The molecule has 1 atom stereocenters. The van der Waals surface area contributed by atoms with Crippen LogP contribution in [0.2, 0.25) is 0 Å². The summed E-state index contributed by atoms with van der Waals surface area (Å²) in [6, 6.07) is 11.3. The van der Waals surface area contributed by atoms with Crippen LogP contribution in [0.25, 0.3) is 0 Å². The lowest BCUT2D eigenvalue weighted by atomic mass is 10.1. The van der Waals surface area contributed by atoms with Gasteiger partial charge in [0.25, 0.3) is 0 Å². The van der Waals surface area contributed by atoms with Crippen LogP contribution < -0.4 is 5.32 Å². The summed E-state index contributed by atoms with van der Waals surface area (Å²) in [5.41, 5.74) is 1.44. The molecule has 0 heterocycles. The van der Waals surface area contributed by atoms with Gasteiger partial charge in [-0.25, -0.2) is 0 Å². The van der Waals surface area contributed by atoms with Gasteiger partial charge in [0.05, 0.1) is 0 Å². The van der Waals surface area contributed by atoms with E-state index in [0.29, 0.717) is 10.8 Å². The van der Waals surface area contributed by atoms with Crippen LogP contribution in [0.5, 0.6) is 0 Å². The third kappa shape index (κ3) is 6.13. The molecule has 0 radical (unpaired) electrons. The Bertz CT molecular complexity index is 308. The van der Waals surface area contributed by atoms with Gasteiger partial charge >= 0.3 is 0 Å². The quantitative estimate of drug-likeness (QED) is 0.792. The molecule has 1 aromatic carbocycles. The van der Waals surface area contributed by atoms with Crippen molar-refractivity contribution >= 4 is 11.8 Å². The molecule has 1 unspecified atom stereocenters. The fourth-order valence-electron chi connectivity index (χ4n) is 1.62. The predicted molar refractivity (Wildman–Crippen MR) is 79.8 cm³/mol. The summed E-state index contributed by atoms with van der Waals surface area (Å²) in [4.78, 5) is 0. The highest BCUT2D eigenvalue weighted by molar-refractivity contribution is 7.99. The molecule has 96 valence electrons. The second-order valence-corrected chi connectivity index (χ2v) is 6.78. The lowest BCUT2D eigenvalue weighted by Crippen LogP contribution is -2.37. The van der Waals surface area contributed by atoms with Gasteiger partial charge in [-0.2, -0.15) is 11.8 Å². The average Bonchev–Trinajstić information content (AvgIpc) is 2.35. The third-order valence-corrected chi connectivity index (χ3v) is 4.39. The molecule has 0 bridgehead atoms. The van der Waals surface area contributed by atoms with E-state index in [1.54, 1.807) is 0 Å². The van der Waals surface area contributed by atoms with E-state index in [1.807, 2.05) is 11.8 Å². The Hall–Kier alpha value is -0.470. The molecule has 2 heteroatoms. The molecule has 0 fully saturated rings. The number of hydrogen-bond acceptors (Lipinski definition) is 2. The van der Waals surface area contributed by atoms with Crippen molar-refractivity contribution in [2.45, 2.75) is 44.4 Å². The van der Waals surface area contributed by atoms with Crippen molar-refractivity contribution in [3.63, 3.8) is 0 Å². The first kappa shape index (κ1) is 14.6. The van der Waals surface area contributed by atoms with Crippen LogP contribution in [-0.2, 0) is 6.42 Å². The Balaban J connectivity index is 2.24. The minimum Gasteiger partial charge on any atom is -0.313 e. The van der Waals surface area contributed by atoms with E-state index >= 15 is 0 Å². The SMILES string of the molecule is CSC(C)(C)CNC(C)CCc1ccccc1. The van der Waals surface area contributed by atoms with E-state index in [4.69, 9.17) is 0 Å². The Morgan fingerprint density at radius 3 is 2.47 bits per heavy atom. The minimum absolute atomic E-state index is 0.334. The number of hydrogen-bond donors (Lipinski definition) is 1. The van der Waals surface area contributed by atoms with Gasteiger partial charge in [-0.1, -0.05) is 30.3 Å². The molecular formula is C15H25NS. The van der Waals surface area contributed by atoms with Gasteiger partial charge in [0.15, 0.2) is 0 Å². The van der Waals surface area contributed by atoms with Crippen molar-refractivity contribution in [2.24, 2.45) is 0 Å². The van der Waals surface area contributed by atoms with E-state index in [0.717, 1.165) is 13.0 Å². The maximum absolute atomic E-state index is 3.62. The van der Waals surface area contributed by atoms with Crippen LogP contribution >= 0.6 is 11.8 Å². The Labute approximate surface area is 110 Å². The van der Waals surface area contributed by atoms with E-state index < -0.39 is 0 Å². The van der Waals surface area contributed by atoms with Gasteiger partial charge in [0.2, 0.25) is 0 Å². The monoisotopic (exact) mass is 251 g/mol. The molecular weight excluding hydrogens is 226 g/mol. The zero-order valence-electron chi connectivity index (χ0n) is 11.5. The molecule has 1 aromatic rings. The normalized spacial score (nSPS) is 13.6. The second-order valence-electron chi connectivity index (χ2n) is 5.27. The van der Waals surface area contributed by atoms with E-state index in [1.165, 1.54) is 12.0 Å². The maximum Gasteiger partial charge on any atom is 0.0225 e. The molecule has 1 N–H and O–H groups in total. The van der Waals surface area contributed by atoms with Gasteiger partial charge < -0.3 is 5.32 Å².